The minimum absolute atomic E-state index is 0.764. The van der Waals surface area contributed by atoms with Gasteiger partial charge in [-0.05, 0) is 36.5 Å². The highest BCUT2D eigenvalue weighted by Gasteiger charge is 2.17. The second kappa shape index (κ2) is 3.69. The Bertz CT molecular complexity index is 452. The fraction of sp³-hybridized carbons (Fsp3) is 0.462. The number of hydrogen-bond donors (Lipinski definition) is 1. The summed E-state index contributed by atoms with van der Waals surface area (Å²) in [6.45, 7) is 0. The molecule has 15 heavy (non-hydrogen) atoms. The van der Waals surface area contributed by atoms with Crippen LogP contribution in [-0.2, 0) is 0 Å². The van der Waals surface area contributed by atoms with E-state index in [0.29, 0.717) is 0 Å². The monoisotopic (exact) mass is 200 g/mol. The lowest BCUT2D eigenvalue weighted by Crippen LogP contribution is -2.04. The third kappa shape index (κ3) is 1.54. The normalized spacial score (nSPS) is 18.4. The Morgan fingerprint density at radius 3 is 2.87 bits per heavy atom. The van der Waals surface area contributed by atoms with Crippen LogP contribution in [0.3, 0.4) is 0 Å². The summed E-state index contributed by atoms with van der Waals surface area (Å²) < 4.78 is 0. The average molecular weight is 200 g/mol. The van der Waals surface area contributed by atoms with E-state index in [1.807, 2.05) is 12.4 Å². The summed E-state index contributed by atoms with van der Waals surface area (Å²) in [6, 6.07) is 4.36. The van der Waals surface area contributed by atoms with Crippen molar-refractivity contribution in [2.24, 2.45) is 0 Å². The minimum Gasteiger partial charge on any atom is -0.346 e. The Morgan fingerprint density at radius 2 is 2.00 bits per heavy atom. The quantitative estimate of drug-likeness (QED) is 0.748. The predicted molar refractivity (Wildman–Crippen MR) is 61.9 cm³/mol. The molecule has 0 aromatic carbocycles. The molecule has 2 aromatic rings. The topological polar surface area (TPSA) is 28.7 Å². The summed E-state index contributed by atoms with van der Waals surface area (Å²) in [4.78, 5) is 7.53. The van der Waals surface area contributed by atoms with Crippen molar-refractivity contribution in [1.29, 1.82) is 0 Å². The maximum atomic E-state index is 4.34. The number of nitrogens with zero attached hydrogens (tertiary/aromatic N) is 1. The van der Waals surface area contributed by atoms with E-state index in [0.717, 1.165) is 11.6 Å². The number of aromatic amines is 1. The first kappa shape index (κ1) is 8.96. The van der Waals surface area contributed by atoms with Crippen molar-refractivity contribution in [2.45, 2.75) is 38.0 Å². The second-order valence-electron chi connectivity index (χ2n) is 4.48. The number of rotatable bonds is 1. The molecule has 1 aliphatic rings. The lowest BCUT2D eigenvalue weighted by molar-refractivity contribution is 0.445. The highest BCUT2D eigenvalue weighted by Crippen LogP contribution is 2.35. The number of nitrogens with one attached hydrogen (secondary N) is 1. The highest BCUT2D eigenvalue weighted by molar-refractivity contribution is 5.79. The molecule has 2 nitrogen and oxygen atoms in total. The summed E-state index contributed by atoms with van der Waals surface area (Å²) in [5.74, 6) is 0.764. The Kier molecular flexibility index (Phi) is 2.20. The third-order valence-electron chi connectivity index (χ3n) is 3.54. The standard InChI is InChI=1S/C13H16N2/c1-2-4-10(5-3-1)11-6-8-14-13-12(11)7-9-15-13/h6-10H,1-5H2,(H,14,15). The second-order valence-corrected chi connectivity index (χ2v) is 4.48. The van der Waals surface area contributed by atoms with Crippen LogP contribution < -0.4 is 0 Å². The molecule has 2 heterocycles. The van der Waals surface area contributed by atoms with Gasteiger partial charge in [-0.2, -0.15) is 0 Å². The summed E-state index contributed by atoms with van der Waals surface area (Å²) in [5.41, 5.74) is 2.54. The van der Waals surface area contributed by atoms with Crippen molar-refractivity contribution < 1.29 is 0 Å². The van der Waals surface area contributed by atoms with Crippen molar-refractivity contribution >= 4 is 11.0 Å². The van der Waals surface area contributed by atoms with Gasteiger partial charge in [0.1, 0.15) is 5.65 Å². The largest absolute Gasteiger partial charge is 0.346 e. The molecule has 78 valence electrons. The van der Waals surface area contributed by atoms with Crippen molar-refractivity contribution in [2.75, 3.05) is 0 Å². The molecule has 1 aliphatic carbocycles. The van der Waals surface area contributed by atoms with Gasteiger partial charge in [0.25, 0.3) is 0 Å². The maximum Gasteiger partial charge on any atom is 0.137 e. The maximum absolute atomic E-state index is 4.34. The molecular weight excluding hydrogens is 184 g/mol. The summed E-state index contributed by atoms with van der Waals surface area (Å²) in [6.07, 6.45) is 10.8. The average Bonchev–Trinajstić information content (AvgIpc) is 2.78. The van der Waals surface area contributed by atoms with Gasteiger partial charge in [-0.1, -0.05) is 19.3 Å². The third-order valence-corrected chi connectivity index (χ3v) is 3.54. The molecule has 0 aliphatic heterocycles. The molecule has 1 fully saturated rings. The fourth-order valence-corrected chi connectivity index (χ4v) is 2.75. The number of aromatic nitrogens is 2. The first-order valence-corrected chi connectivity index (χ1v) is 5.87. The van der Waals surface area contributed by atoms with Gasteiger partial charge in [0.2, 0.25) is 0 Å². The summed E-state index contributed by atoms with van der Waals surface area (Å²) in [5, 5.41) is 1.32. The van der Waals surface area contributed by atoms with Crippen LogP contribution in [0.15, 0.2) is 24.5 Å². The smallest absolute Gasteiger partial charge is 0.137 e. The molecule has 0 amide bonds. The van der Waals surface area contributed by atoms with Crippen LogP contribution in [0, 0.1) is 0 Å². The van der Waals surface area contributed by atoms with Crippen molar-refractivity contribution in [3.8, 4) is 0 Å². The Labute approximate surface area is 89.7 Å². The predicted octanol–water partition coefficient (Wildman–Crippen LogP) is 3.61. The van der Waals surface area contributed by atoms with E-state index in [-0.39, 0.29) is 0 Å². The Morgan fingerprint density at radius 1 is 1.13 bits per heavy atom. The van der Waals surface area contributed by atoms with Crippen LogP contribution >= 0.6 is 0 Å². The number of hydrogen-bond acceptors (Lipinski definition) is 1. The molecule has 0 radical (unpaired) electrons. The molecule has 0 spiro atoms. The first-order chi connectivity index (χ1) is 7.45. The lowest BCUT2D eigenvalue weighted by atomic mass is 9.83. The zero-order valence-electron chi connectivity index (χ0n) is 8.87. The van der Waals surface area contributed by atoms with Crippen LogP contribution in [-0.4, -0.2) is 9.97 Å². The van der Waals surface area contributed by atoms with Crippen LogP contribution in [0.2, 0.25) is 0 Å². The lowest BCUT2D eigenvalue weighted by Gasteiger charge is -2.22. The molecule has 1 saturated carbocycles. The van der Waals surface area contributed by atoms with Gasteiger partial charge < -0.3 is 4.98 Å². The number of pyridine rings is 1. The molecule has 3 rings (SSSR count). The molecule has 0 unspecified atom stereocenters. The van der Waals surface area contributed by atoms with E-state index < -0.39 is 0 Å². The number of H-pyrrole nitrogens is 1. The van der Waals surface area contributed by atoms with Crippen LogP contribution in [0.25, 0.3) is 11.0 Å². The van der Waals surface area contributed by atoms with E-state index in [1.54, 1.807) is 0 Å². The van der Waals surface area contributed by atoms with E-state index >= 15 is 0 Å². The molecule has 0 atom stereocenters. The van der Waals surface area contributed by atoms with E-state index in [9.17, 15) is 0 Å². The van der Waals surface area contributed by atoms with E-state index in [1.165, 1.54) is 43.1 Å². The van der Waals surface area contributed by atoms with Gasteiger partial charge in [0.05, 0.1) is 0 Å². The van der Waals surface area contributed by atoms with Gasteiger partial charge in [-0.25, -0.2) is 4.98 Å². The van der Waals surface area contributed by atoms with Crippen molar-refractivity contribution in [3.05, 3.63) is 30.1 Å². The van der Waals surface area contributed by atoms with Gasteiger partial charge in [0.15, 0.2) is 0 Å². The highest BCUT2D eigenvalue weighted by atomic mass is 14.8. The molecule has 0 saturated heterocycles. The van der Waals surface area contributed by atoms with Gasteiger partial charge in [-0.3, -0.25) is 0 Å². The molecule has 0 bridgehead atoms. The zero-order valence-corrected chi connectivity index (χ0v) is 8.87. The van der Waals surface area contributed by atoms with Crippen LogP contribution in [0.1, 0.15) is 43.6 Å². The van der Waals surface area contributed by atoms with Crippen LogP contribution in [0.5, 0.6) is 0 Å². The van der Waals surface area contributed by atoms with Gasteiger partial charge in [0, 0.05) is 17.8 Å². The SMILES string of the molecule is c1cc(C2CCCCC2)c2cc[nH]c2n1. The van der Waals surface area contributed by atoms with E-state index in [4.69, 9.17) is 0 Å². The minimum atomic E-state index is 0.764. The summed E-state index contributed by atoms with van der Waals surface area (Å²) in [7, 11) is 0. The molecular formula is C13H16N2. The molecule has 1 N–H and O–H groups in total. The molecule has 2 aromatic heterocycles. The molecule has 2 heteroatoms. The van der Waals surface area contributed by atoms with Crippen molar-refractivity contribution in [3.63, 3.8) is 0 Å². The van der Waals surface area contributed by atoms with Gasteiger partial charge >= 0.3 is 0 Å². The van der Waals surface area contributed by atoms with Crippen molar-refractivity contribution in [1.82, 2.24) is 9.97 Å². The van der Waals surface area contributed by atoms with Gasteiger partial charge in [-0.15, -0.1) is 0 Å². The Hall–Kier alpha value is -1.31. The zero-order chi connectivity index (χ0) is 10.1. The summed E-state index contributed by atoms with van der Waals surface area (Å²) >= 11 is 0. The Balaban J connectivity index is 2.05. The van der Waals surface area contributed by atoms with Crippen LogP contribution in [0.4, 0.5) is 0 Å². The van der Waals surface area contributed by atoms with E-state index in [2.05, 4.69) is 22.1 Å². The fourth-order valence-electron chi connectivity index (χ4n) is 2.75. The number of fused-ring (bicyclic) bond motifs is 1. The first-order valence-electron chi connectivity index (χ1n) is 5.87.